The van der Waals surface area contributed by atoms with E-state index >= 15 is 0 Å². The van der Waals surface area contributed by atoms with Gasteiger partial charge >= 0.3 is 19.8 Å². The second-order valence-corrected chi connectivity index (χ2v) is 3.20. The van der Waals surface area contributed by atoms with Crippen molar-refractivity contribution < 1.29 is 19.8 Å². The zero-order valence-electron chi connectivity index (χ0n) is 5.55. The van der Waals surface area contributed by atoms with E-state index in [0.717, 1.165) is 0 Å². The molecule has 49 valence electrons. The van der Waals surface area contributed by atoms with Crippen molar-refractivity contribution in [3.63, 3.8) is 0 Å². The summed E-state index contributed by atoms with van der Waals surface area (Å²) in [6, 6.07) is 0. The molecule has 0 unspecified atom stereocenters. The van der Waals surface area contributed by atoms with Gasteiger partial charge in [0, 0.05) is 0 Å². The fraction of sp³-hybridized carbons (Fsp3) is 0.857. The molecule has 0 aromatic rings. The van der Waals surface area contributed by atoms with Gasteiger partial charge in [0.05, 0.1) is 0 Å². The van der Waals surface area contributed by atoms with Gasteiger partial charge in [0.15, 0.2) is 0 Å². The second-order valence-electron chi connectivity index (χ2n) is 3.20. The van der Waals surface area contributed by atoms with Gasteiger partial charge in [-0.1, -0.05) is 25.7 Å². The quantitative estimate of drug-likeness (QED) is 0.600. The number of hydrogen-bond donors (Lipinski definition) is 0. The maximum Gasteiger partial charge on any atom is 1.00 e. The Kier molecular flexibility index (Phi) is 3.21. The molecule has 0 N–H and O–H groups in total. The molecule has 0 aliphatic heterocycles. The molecular formula is C7H13Os. The van der Waals surface area contributed by atoms with E-state index in [0.29, 0.717) is 5.41 Å². The third-order valence-corrected chi connectivity index (χ3v) is 1.72. The maximum atomic E-state index is 2.39. The number of hydrogen-bond acceptors (Lipinski definition) is 0. The van der Waals surface area contributed by atoms with Crippen LogP contribution in [0.1, 0.15) is 33.1 Å². The summed E-state index contributed by atoms with van der Waals surface area (Å²) in [4.78, 5) is 0. The van der Waals surface area contributed by atoms with Crippen molar-refractivity contribution in [1.29, 1.82) is 0 Å². The summed E-state index contributed by atoms with van der Waals surface area (Å²) in [5, 5.41) is 0. The molecule has 1 heteroatoms. The van der Waals surface area contributed by atoms with Gasteiger partial charge in [-0.05, 0) is 0 Å². The average molecular weight is 287 g/mol. The summed E-state index contributed by atoms with van der Waals surface area (Å²) in [7, 11) is 0. The van der Waals surface area contributed by atoms with E-state index in [4.69, 9.17) is 0 Å². The van der Waals surface area contributed by atoms with Crippen molar-refractivity contribution in [3.8, 4) is 0 Å². The molecule has 8 heavy (non-hydrogen) atoms. The van der Waals surface area contributed by atoms with Gasteiger partial charge in [0.25, 0.3) is 0 Å². The third kappa shape index (κ3) is 2.27. The Morgan fingerprint density at radius 3 is 2.12 bits per heavy atom. The van der Waals surface area contributed by atoms with Crippen LogP contribution in [-0.2, 0) is 19.8 Å². The van der Waals surface area contributed by atoms with Gasteiger partial charge in [-0.25, -0.2) is 0 Å². The summed E-state index contributed by atoms with van der Waals surface area (Å²) in [6.07, 6.45) is 6.45. The minimum atomic E-state index is 0. The van der Waals surface area contributed by atoms with E-state index < -0.39 is 0 Å². The predicted octanol–water partition coefficient (Wildman–Crippen LogP) is 2.40. The Bertz CT molecular complexity index is 58.8. The van der Waals surface area contributed by atoms with E-state index in [1.54, 1.807) is 0 Å². The minimum Gasteiger partial charge on any atom is -0.328 e. The molecule has 1 aliphatic carbocycles. The fourth-order valence-electron chi connectivity index (χ4n) is 1.09. The molecule has 0 nitrogen and oxygen atoms in total. The second kappa shape index (κ2) is 2.97. The van der Waals surface area contributed by atoms with Crippen molar-refractivity contribution in [2.24, 2.45) is 5.41 Å². The number of rotatable bonds is 0. The van der Waals surface area contributed by atoms with Crippen LogP contribution in [0.5, 0.6) is 0 Å². The van der Waals surface area contributed by atoms with Crippen molar-refractivity contribution in [1.82, 2.24) is 0 Å². The van der Waals surface area contributed by atoms with Crippen molar-refractivity contribution in [2.75, 3.05) is 0 Å². The van der Waals surface area contributed by atoms with Crippen LogP contribution < -0.4 is 0 Å². The van der Waals surface area contributed by atoms with Crippen LogP contribution in [-0.4, -0.2) is 0 Å². The van der Waals surface area contributed by atoms with Crippen LogP contribution >= 0.6 is 0 Å². The summed E-state index contributed by atoms with van der Waals surface area (Å²) in [6.45, 7) is 4.66. The largest absolute Gasteiger partial charge is 1.00 e. The van der Waals surface area contributed by atoms with Crippen LogP contribution in [0, 0.1) is 11.8 Å². The van der Waals surface area contributed by atoms with Crippen LogP contribution in [0.25, 0.3) is 0 Å². The predicted molar refractivity (Wildman–Crippen MR) is 31.9 cm³/mol. The first-order valence-electron chi connectivity index (χ1n) is 3.02. The topological polar surface area (TPSA) is 0 Å². The fourth-order valence-corrected chi connectivity index (χ4v) is 1.09. The summed E-state index contributed by atoms with van der Waals surface area (Å²) < 4.78 is 0. The molecule has 1 radical (unpaired) electrons. The Labute approximate surface area is 65.1 Å². The Morgan fingerprint density at radius 2 is 2.00 bits per heavy atom. The molecule has 0 saturated heterocycles. The molecular weight excluding hydrogens is 274 g/mol. The molecule has 1 fully saturated rings. The van der Waals surface area contributed by atoms with Gasteiger partial charge in [-0.2, -0.15) is 12.8 Å². The summed E-state index contributed by atoms with van der Waals surface area (Å²) in [5.74, 6) is 0. The van der Waals surface area contributed by atoms with E-state index in [2.05, 4.69) is 20.3 Å². The molecule has 1 saturated carbocycles. The average Bonchev–Trinajstić information content (AvgIpc) is 1.84. The van der Waals surface area contributed by atoms with Gasteiger partial charge in [0.1, 0.15) is 0 Å². The van der Waals surface area contributed by atoms with E-state index in [1.807, 2.05) is 0 Å². The van der Waals surface area contributed by atoms with E-state index in [9.17, 15) is 0 Å². The van der Waals surface area contributed by atoms with Crippen molar-refractivity contribution >= 4 is 0 Å². The molecule has 0 amide bonds. The van der Waals surface area contributed by atoms with Crippen molar-refractivity contribution in [3.05, 3.63) is 6.42 Å². The zero-order chi connectivity index (χ0) is 5.33. The molecule has 0 bridgehead atoms. The molecule has 1 rings (SSSR count). The Balaban J connectivity index is 0.000000490. The molecule has 0 spiro atoms. The van der Waals surface area contributed by atoms with Crippen LogP contribution in [0.15, 0.2) is 0 Å². The summed E-state index contributed by atoms with van der Waals surface area (Å²) in [5.41, 5.74) is 0.639. The molecule has 1 aliphatic rings. The van der Waals surface area contributed by atoms with Crippen LogP contribution in [0.2, 0.25) is 0 Å². The Morgan fingerprint density at radius 1 is 1.38 bits per heavy atom. The normalized spacial score (nSPS) is 24.8. The molecule has 0 atom stereocenters. The standard InChI is InChI=1S/C7H13.Os/c1-7(2)5-3-4-6-7;/h3H,4-6H2,1-2H3;/q-1;+1. The Hall–Kier alpha value is 0.636. The zero-order valence-corrected chi connectivity index (χ0v) is 8.09. The monoisotopic (exact) mass is 289 g/mol. The van der Waals surface area contributed by atoms with Crippen molar-refractivity contribution in [2.45, 2.75) is 33.1 Å². The van der Waals surface area contributed by atoms with Gasteiger partial charge in [-0.15, -0.1) is 0 Å². The first-order valence-corrected chi connectivity index (χ1v) is 3.02. The van der Waals surface area contributed by atoms with Gasteiger partial charge in [-0.3, -0.25) is 0 Å². The first kappa shape index (κ1) is 8.64. The third-order valence-electron chi connectivity index (χ3n) is 1.72. The molecule has 0 aromatic heterocycles. The first-order chi connectivity index (χ1) is 3.21. The van der Waals surface area contributed by atoms with Crippen LogP contribution in [0.3, 0.4) is 0 Å². The van der Waals surface area contributed by atoms with E-state index in [-0.39, 0.29) is 19.8 Å². The maximum absolute atomic E-state index is 2.39. The molecule has 0 heterocycles. The molecule has 0 aromatic carbocycles. The van der Waals surface area contributed by atoms with Crippen LogP contribution in [0.4, 0.5) is 0 Å². The minimum absolute atomic E-state index is 0. The van der Waals surface area contributed by atoms with E-state index in [1.165, 1.54) is 19.3 Å². The SMILES string of the molecule is CC1(C)C[CH-]CC1.[Os+]. The van der Waals surface area contributed by atoms with Gasteiger partial charge < -0.3 is 6.42 Å². The smallest absolute Gasteiger partial charge is 0.328 e. The van der Waals surface area contributed by atoms with Gasteiger partial charge in [0.2, 0.25) is 0 Å². The summed E-state index contributed by atoms with van der Waals surface area (Å²) >= 11 is 0.